The van der Waals surface area contributed by atoms with E-state index in [0.717, 1.165) is 48.3 Å². The number of hydrogen-bond acceptors (Lipinski definition) is 6. The normalized spacial score (nSPS) is 21.8. The Kier molecular flexibility index (Phi) is 4.19. The van der Waals surface area contributed by atoms with Crippen LogP contribution in [0.2, 0.25) is 0 Å². The first kappa shape index (κ1) is 14.4. The first-order valence-electron chi connectivity index (χ1n) is 7.40. The second kappa shape index (κ2) is 6.09. The minimum Gasteiger partial charge on any atom is -0.356 e. The van der Waals surface area contributed by atoms with Crippen molar-refractivity contribution in [3.63, 3.8) is 0 Å². The maximum absolute atomic E-state index is 12.3. The number of rotatable bonds is 3. The maximum atomic E-state index is 12.3. The summed E-state index contributed by atoms with van der Waals surface area (Å²) < 4.78 is 0. The van der Waals surface area contributed by atoms with Gasteiger partial charge < -0.3 is 15.5 Å². The van der Waals surface area contributed by atoms with Gasteiger partial charge >= 0.3 is 0 Å². The van der Waals surface area contributed by atoms with E-state index in [-0.39, 0.29) is 11.9 Å². The third-order valence-corrected chi connectivity index (χ3v) is 4.66. The molecule has 2 aliphatic heterocycles. The summed E-state index contributed by atoms with van der Waals surface area (Å²) in [6.07, 6.45) is 2.37. The van der Waals surface area contributed by atoms with Crippen LogP contribution in [0.15, 0.2) is 6.33 Å². The molecule has 21 heavy (non-hydrogen) atoms. The zero-order valence-corrected chi connectivity index (χ0v) is 13.2. The molecule has 114 valence electrons. The smallest absolute Gasteiger partial charge is 0.247 e. The maximum Gasteiger partial charge on any atom is 0.247 e. The highest BCUT2D eigenvalue weighted by atomic mass is 32.2. The number of hydrogen-bond donors (Lipinski definition) is 2. The molecule has 1 aromatic heterocycles. The van der Waals surface area contributed by atoms with E-state index >= 15 is 0 Å². The monoisotopic (exact) mass is 307 g/mol. The molecule has 1 aromatic rings. The molecule has 1 unspecified atom stereocenters. The van der Waals surface area contributed by atoms with Gasteiger partial charge in [-0.3, -0.25) is 4.79 Å². The predicted molar refractivity (Wildman–Crippen MR) is 87.1 cm³/mol. The summed E-state index contributed by atoms with van der Waals surface area (Å²) in [5.41, 5.74) is 0.731. The lowest BCUT2D eigenvalue weighted by Crippen LogP contribution is -2.42. The van der Waals surface area contributed by atoms with Crippen LogP contribution in [-0.2, 0) is 4.79 Å². The minimum atomic E-state index is -0.211. The molecule has 1 fully saturated rings. The van der Waals surface area contributed by atoms with Gasteiger partial charge in [-0.25, -0.2) is 9.97 Å². The first-order chi connectivity index (χ1) is 10.1. The molecule has 0 spiro atoms. The van der Waals surface area contributed by atoms with E-state index in [9.17, 15) is 4.79 Å². The molecule has 1 amide bonds. The zero-order chi connectivity index (χ0) is 14.8. The summed E-state index contributed by atoms with van der Waals surface area (Å²) in [6, 6.07) is -0.211. The Labute approximate surface area is 129 Å². The van der Waals surface area contributed by atoms with E-state index in [1.807, 2.05) is 11.8 Å². The Morgan fingerprint density at radius 1 is 1.38 bits per heavy atom. The summed E-state index contributed by atoms with van der Waals surface area (Å²) in [7, 11) is 0. The number of carbonyl (C=O) groups is 1. The lowest BCUT2D eigenvalue weighted by molar-refractivity contribution is -0.117. The molecule has 2 N–H and O–H groups in total. The van der Waals surface area contributed by atoms with E-state index in [1.165, 1.54) is 0 Å². The second-order valence-electron chi connectivity index (χ2n) is 5.84. The molecule has 0 radical (unpaired) electrons. The van der Waals surface area contributed by atoms with Crippen LogP contribution < -0.4 is 15.5 Å². The van der Waals surface area contributed by atoms with Crippen LogP contribution in [-0.4, -0.2) is 46.5 Å². The van der Waals surface area contributed by atoms with E-state index in [2.05, 4.69) is 39.3 Å². The van der Waals surface area contributed by atoms with Crippen LogP contribution in [0.1, 0.15) is 20.3 Å². The van der Waals surface area contributed by atoms with Crippen LogP contribution in [0, 0.1) is 5.92 Å². The zero-order valence-electron chi connectivity index (χ0n) is 12.4. The van der Waals surface area contributed by atoms with Crippen LogP contribution in [0.3, 0.4) is 0 Å². The molecule has 1 atom stereocenters. The highest BCUT2D eigenvalue weighted by Crippen LogP contribution is 2.34. The Bertz CT molecular complexity index is 530. The van der Waals surface area contributed by atoms with Gasteiger partial charge in [0.25, 0.3) is 0 Å². The second-order valence-corrected chi connectivity index (χ2v) is 7.06. The SMILES string of the molecule is CC(C)CC1Nc2ncnc(N3CCSCC3)c2NC1=O. The van der Waals surface area contributed by atoms with Gasteiger partial charge in [-0.15, -0.1) is 0 Å². The third-order valence-electron chi connectivity index (χ3n) is 3.72. The van der Waals surface area contributed by atoms with Gasteiger partial charge in [-0.05, 0) is 12.3 Å². The van der Waals surface area contributed by atoms with Crippen LogP contribution in [0.5, 0.6) is 0 Å². The molecule has 0 bridgehead atoms. The summed E-state index contributed by atoms with van der Waals surface area (Å²) in [4.78, 5) is 23.2. The van der Waals surface area contributed by atoms with Crippen molar-refractivity contribution in [3.05, 3.63) is 6.33 Å². The average molecular weight is 307 g/mol. The molecule has 2 aliphatic rings. The quantitative estimate of drug-likeness (QED) is 0.887. The number of anilines is 3. The number of nitrogens with one attached hydrogen (secondary N) is 2. The van der Waals surface area contributed by atoms with Crippen molar-refractivity contribution in [2.45, 2.75) is 26.3 Å². The summed E-state index contributed by atoms with van der Waals surface area (Å²) in [6.45, 7) is 6.14. The first-order valence-corrected chi connectivity index (χ1v) is 8.55. The highest BCUT2D eigenvalue weighted by Gasteiger charge is 2.30. The summed E-state index contributed by atoms with van der Waals surface area (Å²) in [5.74, 6) is 4.23. The van der Waals surface area contributed by atoms with Gasteiger partial charge in [-0.2, -0.15) is 11.8 Å². The largest absolute Gasteiger partial charge is 0.356 e. The Morgan fingerprint density at radius 3 is 2.86 bits per heavy atom. The van der Waals surface area contributed by atoms with Crippen molar-refractivity contribution in [1.29, 1.82) is 0 Å². The van der Waals surface area contributed by atoms with Crippen molar-refractivity contribution in [1.82, 2.24) is 9.97 Å². The van der Waals surface area contributed by atoms with E-state index < -0.39 is 0 Å². The molecule has 0 aromatic carbocycles. The molecular weight excluding hydrogens is 286 g/mol. The van der Waals surface area contributed by atoms with Crippen molar-refractivity contribution < 1.29 is 4.79 Å². The van der Waals surface area contributed by atoms with Crippen molar-refractivity contribution >= 4 is 35.0 Å². The topological polar surface area (TPSA) is 70.2 Å². The minimum absolute atomic E-state index is 0.0126. The van der Waals surface area contributed by atoms with Crippen molar-refractivity contribution in [3.8, 4) is 0 Å². The fraction of sp³-hybridized carbons (Fsp3) is 0.643. The number of carbonyl (C=O) groups excluding carboxylic acids is 1. The lowest BCUT2D eigenvalue weighted by Gasteiger charge is -2.33. The van der Waals surface area contributed by atoms with E-state index in [1.54, 1.807) is 6.33 Å². The van der Waals surface area contributed by atoms with Gasteiger partial charge in [0.15, 0.2) is 11.6 Å². The average Bonchev–Trinajstić information content (AvgIpc) is 2.48. The van der Waals surface area contributed by atoms with Crippen molar-refractivity contribution in [2.75, 3.05) is 40.1 Å². The molecule has 3 rings (SSSR count). The third kappa shape index (κ3) is 3.07. The summed E-state index contributed by atoms with van der Waals surface area (Å²) in [5, 5.41) is 6.27. The highest BCUT2D eigenvalue weighted by molar-refractivity contribution is 7.99. The Balaban J connectivity index is 1.86. The van der Waals surface area contributed by atoms with Gasteiger partial charge in [0.05, 0.1) is 0 Å². The molecule has 3 heterocycles. The fourth-order valence-electron chi connectivity index (χ4n) is 2.69. The molecule has 0 saturated carbocycles. The molecule has 6 nitrogen and oxygen atoms in total. The number of aromatic nitrogens is 2. The van der Waals surface area contributed by atoms with Gasteiger partial charge in [-0.1, -0.05) is 13.8 Å². The van der Waals surface area contributed by atoms with E-state index in [0.29, 0.717) is 5.92 Å². The summed E-state index contributed by atoms with van der Waals surface area (Å²) >= 11 is 1.95. The Morgan fingerprint density at radius 2 is 2.14 bits per heavy atom. The lowest BCUT2D eigenvalue weighted by atomic mass is 10.0. The standard InChI is InChI=1S/C14H21N5OS/c1-9(2)7-10-14(20)18-11-12(17-10)15-8-16-13(11)19-3-5-21-6-4-19/h8-10H,3-7H2,1-2H3,(H,18,20)(H,15,16,17). The number of nitrogens with zero attached hydrogens (tertiary/aromatic N) is 3. The Hall–Kier alpha value is -1.50. The van der Waals surface area contributed by atoms with Crippen LogP contribution >= 0.6 is 11.8 Å². The van der Waals surface area contributed by atoms with Gasteiger partial charge in [0, 0.05) is 24.6 Å². The fourth-order valence-corrected chi connectivity index (χ4v) is 3.60. The van der Waals surface area contributed by atoms with Gasteiger partial charge in [0.2, 0.25) is 5.91 Å². The van der Waals surface area contributed by atoms with Crippen LogP contribution in [0.25, 0.3) is 0 Å². The van der Waals surface area contributed by atoms with Crippen LogP contribution in [0.4, 0.5) is 17.3 Å². The molecule has 7 heteroatoms. The molecular formula is C14H21N5OS. The molecule has 1 saturated heterocycles. The van der Waals surface area contributed by atoms with Gasteiger partial charge in [0.1, 0.15) is 18.1 Å². The van der Waals surface area contributed by atoms with Crippen molar-refractivity contribution in [2.24, 2.45) is 5.92 Å². The number of thioether (sulfide) groups is 1. The number of amides is 1. The predicted octanol–water partition coefficient (Wildman–Crippen LogP) is 1.81. The number of fused-ring (bicyclic) bond motifs is 1. The van der Waals surface area contributed by atoms with E-state index in [4.69, 9.17) is 0 Å². The molecule has 0 aliphatic carbocycles.